The maximum Gasteiger partial charge on any atom is 0.472 e. The zero-order valence-corrected chi connectivity index (χ0v) is 34.9. The molecule has 0 aromatic carbocycles. The minimum absolute atomic E-state index is 0.0669. The standard InChI is InChI=1S/C44H81N2O6P/c1-3-5-7-9-11-13-15-17-18-19-20-21-22-23-24-26-27-29-31-33-35-37-43(47)42(41-52-53(49,50)51-40-39-45)46-44(48)38-36-34-32-30-28-25-16-14-12-10-8-6-4-2/h8,10,14,16,22-23,27,29,35,37,42-43,47H,3-7,9,11-13,15,17-21,24-26,28,30-34,36,38-41,45H2,1-2H3,(H,46,48)(H,49,50)/b10-8-,16-14-,23-22+,29-27+,37-35+. The Hall–Kier alpha value is -1.80. The van der Waals surface area contributed by atoms with E-state index in [-0.39, 0.29) is 25.7 Å². The van der Waals surface area contributed by atoms with Gasteiger partial charge in [0.1, 0.15) is 0 Å². The van der Waals surface area contributed by atoms with Gasteiger partial charge in [-0.15, -0.1) is 0 Å². The Bertz CT molecular complexity index is 1010. The fraction of sp³-hybridized carbons (Fsp3) is 0.750. The molecule has 1 amide bonds. The van der Waals surface area contributed by atoms with Crippen molar-refractivity contribution in [2.75, 3.05) is 19.8 Å². The van der Waals surface area contributed by atoms with Crippen molar-refractivity contribution in [3.8, 4) is 0 Å². The van der Waals surface area contributed by atoms with E-state index in [2.05, 4.69) is 67.8 Å². The lowest BCUT2D eigenvalue weighted by molar-refractivity contribution is -0.123. The molecule has 0 saturated heterocycles. The average Bonchev–Trinajstić information content (AvgIpc) is 3.14. The van der Waals surface area contributed by atoms with Gasteiger partial charge in [0, 0.05) is 13.0 Å². The third kappa shape index (κ3) is 38.3. The van der Waals surface area contributed by atoms with Crippen molar-refractivity contribution in [2.24, 2.45) is 5.73 Å². The molecule has 3 atom stereocenters. The molecule has 0 aromatic heterocycles. The van der Waals surface area contributed by atoms with Crippen molar-refractivity contribution in [1.82, 2.24) is 5.32 Å². The second-order valence-electron chi connectivity index (χ2n) is 14.2. The molecule has 0 fully saturated rings. The molecule has 0 saturated carbocycles. The normalized spacial score (nSPS) is 14.7. The summed E-state index contributed by atoms with van der Waals surface area (Å²) >= 11 is 0. The molecule has 53 heavy (non-hydrogen) atoms. The van der Waals surface area contributed by atoms with Crippen LogP contribution in [-0.2, 0) is 18.4 Å². The van der Waals surface area contributed by atoms with Crippen LogP contribution in [0.25, 0.3) is 0 Å². The molecule has 8 nitrogen and oxygen atoms in total. The smallest absolute Gasteiger partial charge is 0.387 e. The van der Waals surface area contributed by atoms with Gasteiger partial charge in [0.05, 0.1) is 25.4 Å². The Labute approximate surface area is 325 Å². The molecular formula is C44H81N2O6P. The van der Waals surface area contributed by atoms with E-state index in [0.717, 1.165) is 77.0 Å². The van der Waals surface area contributed by atoms with E-state index in [1.165, 1.54) is 83.5 Å². The Morgan fingerprint density at radius 1 is 0.623 bits per heavy atom. The van der Waals surface area contributed by atoms with Gasteiger partial charge in [0.2, 0.25) is 5.91 Å². The number of hydrogen-bond donors (Lipinski definition) is 4. The molecular weight excluding hydrogens is 683 g/mol. The minimum atomic E-state index is -4.35. The van der Waals surface area contributed by atoms with Gasteiger partial charge >= 0.3 is 7.82 Å². The van der Waals surface area contributed by atoms with E-state index < -0.39 is 20.0 Å². The number of phosphoric acid groups is 1. The fourth-order valence-corrected chi connectivity index (χ4v) is 6.55. The van der Waals surface area contributed by atoms with Gasteiger partial charge in [-0.25, -0.2) is 4.57 Å². The van der Waals surface area contributed by atoms with E-state index in [9.17, 15) is 19.4 Å². The van der Waals surface area contributed by atoms with E-state index >= 15 is 0 Å². The number of nitrogens with two attached hydrogens (primary N) is 1. The largest absolute Gasteiger partial charge is 0.472 e. The molecule has 0 radical (unpaired) electrons. The van der Waals surface area contributed by atoms with Crippen LogP contribution < -0.4 is 11.1 Å². The van der Waals surface area contributed by atoms with Crippen LogP contribution in [0.5, 0.6) is 0 Å². The first kappa shape index (κ1) is 51.2. The second-order valence-corrected chi connectivity index (χ2v) is 15.6. The summed E-state index contributed by atoms with van der Waals surface area (Å²) in [5, 5.41) is 13.6. The summed E-state index contributed by atoms with van der Waals surface area (Å²) in [5.41, 5.74) is 5.36. The number of rotatable bonds is 39. The Balaban J connectivity index is 4.31. The lowest BCUT2D eigenvalue weighted by Gasteiger charge is -2.23. The van der Waals surface area contributed by atoms with Gasteiger partial charge in [-0.1, -0.05) is 164 Å². The van der Waals surface area contributed by atoms with Gasteiger partial charge in [-0.3, -0.25) is 13.8 Å². The molecule has 0 bridgehead atoms. The van der Waals surface area contributed by atoms with Crippen LogP contribution in [0.2, 0.25) is 0 Å². The van der Waals surface area contributed by atoms with Crippen LogP contribution in [0.3, 0.4) is 0 Å². The number of carbonyl (C=O) groups is 1. The van der Waals surface area contributed by atoms with E-state index in [1.807, 2.05) is 6.08 Å². The number of nitrogens with one attached hydrogen (secondary N) is 1. The van der Waals surface area contributed by atoms with Gasteiger partial charge in [-0.05, 0) is 70.6 Å². The van der Waals surface area contributed by atoms with Crippen LogP contribution in [0.4, 0.5) is 0 Å². The number of allylic oxidation sites excluding steroid dienone is 9. The first-order chi connectivity index (χ1) is 25.9. The molecule has 5 N–H and O–H groups in total. The molecule has 9 heteroatoms. The van der Waals surface area contributed by atoms with Gasteiger partial charge in [-0.2, -0.15) is 0 Å². The van der Waals surface area contributed by atoms with Crippen molar-refractivity contribution in [1.29, 1.82) is 0 Å². The summed E-state index contributed by atoms with van der Waals surface area (Å²) in [6.45, 7) is 4.02. The quantitative estimate of drug-likeness (QED) is 0.0278. The Morgan fingerprint density at radius 3 is 1.64 bits per heavy atom. The second kappa shape index (κ2) is 39.9. The summed E-state index contributed by atoms with van der Waals surface area (Å²) in [6.07, 6.45) is 49.9. The van der Waals surface area contributed by atoms with Crippen molar-refractivity contribution < 1.29 is 28.4 Å². The van der Waals surface area contributed by atoms with Crippen LogP contribution >= 0.6 is 7.82 Å². The highest BCUT2D eigenvalue weighted by molar-refractivity contribution is 7.47. The number of hydrogen-bond acceptors (Lipinski definition) is 6. The summed E-state index contributed by atoms with van der Waals surface area (Å²) in [5.74, 6) is -0.225. The van der Waals surface area contributed by atoms with Crippen molar-refractivity contribution in [3.05, 3.63) is 60.8 Å². The third-order valence-corrected chi connectivity index (χ3v) is 10.0. The zero-order chi connectivity index (χ0) is 38.9. The highest BCUT2D eigenvalue weighted by atomic mass is 31.2. The van der Waals surface area contributed by atoms with E-state index in [0.29, 0.717) is 6.42 Å². The predicted octanol–water partition coefficient (Wildman–Crippen LogP) is 11.9. The molecule has 0 rings (SSSR count). The van der Waals surface area contributed by atoms with Gasteiger partial charge in [0.25, 0.3) is 0 Å². The third-order valence-electron chi connectivity index (χ3n) is 9.02. The van der Waals surface area contributed by atoms with E-state index in [1.54, 1.807) is 6.08 Å². The number of aliphatic hydroxyl groups excluding tert-OH is 1. The van der Waals surface area contributed by atoms with Gasteiger partial charge < -0.3 is 21.1 Å². The highest BCUT2D eigenvalue weighted by Gasteiger charge is 2.26. The molecule has 0 heterocycles. The lowest BCUT2D eigenvalue weighted by atomic mass is 10.1. The predicted molar refractivity (Wildman–Crippen MR) is 226 cm³/mol. The SMILES string of the molecule is CCC/C=C\C/C=C\CCCCCCCC(=O)NC(COP(=O)(O)OCCN)C(O)/C=C/CC/C=C/CC/C=C/CCCCCCCCCCCCC. The van der Waals surface area contributed by atoms with Crippen molar-refractivity contribution >= 4 is 13.7 Å². The van der Waals surface area contributed by atoms with Crippen LogP contribution in [0.1, 0.15) is 181 Å². The first-order valence-electron chi connectivity index (χ1n) is 21.4. The summed E-state index contributed by atoms with van der Waals surface area (Å²) in [4.78, 5) is 22.6. The summed E-state index contributed by atoms with van der Waals surface area (Å²) in [6, 6.07) is -0.892. The number of unbranched alkanes of at least 4 members (excludes halogenated alkanes) is 19. The van der Waals surface area contributed by atoms with Crippen molar-refractivity contribution in [2.45, 2.75) is 193 Å². The van der Waals surface area contributed by atoms with Crippen LogP contribution in [0.15, 0.2) is 60.8 Å². The number of phosphoric ester groups is 1. The lowest BCUT2D eigenvalue weighted by Crippen LogP contribution is -2.45. The summed E-state index contributed by atoms with van der Waals surface area (Å²) in [7, 11) is -4.35. The maximum atomic E-state index is 12.7. The average molecular weight is 765 g/mol. The van der Waals surface area contributed by atoms with Gasteiger partial charge in [0.15, 0.2) is 0 Å². The minimum Gasteiger partial charge on any atom is -0.387 e. The fourth-order valence-electron chi connectivity index (χ4n) is 5.79. The molecule has 3 unspecified atom stereocenters. The highest BCUT2D eigenvalue weighted by Crippen LogP contribution is 2.43. The Kier molecular flexibility index (Phi) is 38.5. The number of carbonyl (C=O) groups excluding carboxylic acids is 1. The van der Waals surface area contributed by atoms with Crippen molar-refractivity contribution in [3.63, 3.8) is 0 Å². The molecule has 0 spiro atoms. The molecule has 308 valence electrons. The maximum absolute atomic E-state index is 12.7. The topological polar surface area (TPSA) is 131 Å². The van der Waals surface area contributed by atoms with E-state index in [4.69, 9.17) is 14.8 Å². The molecule has 0 aromatic rings. The molecule has 0 aliphatic rings. The molecule has 0 aliphatic heterocycles. The summed E-state index contributed by atoms with van der Waals surface area (Å²) < 4.78 is 22.1. The first-order valence-corrected chi connectivity index (χ1v) is 22.9. The number of amides is 1. The van der Waals surface area contributed by atoms with Crippen LogP contribution in [0, 0.1) is 0 Å². The Morgan fingerprint density at radius 2 is 1.09 bits per heavy atom. The molecule has 0 aliphatic carbocycles. The van der Waals surface area contributed by atoms with Crippen LogP contribution in [-0.4, -0.2) is 47.8 Å². The zero-order valence-electron chi connectivity index (χ0n) is 34.0. The monoisotopic (exact) mass is 765 g/mol. The number of aliphatic hydroxyl groups is 1.